The van der Waals surface area contributed by atoms with Crippen LogP contribution in [0, 0.1) is 0 Å². The maximum Gasteiger partial charge on any atom is 0.337 e. The molecule has 0 saturated heterocycles. The van der Waals surface area contributed by atoms with Crippen LogP contribution >= 0.6 is 11.6 Å². The molecule has 2 rings (SSSR count). The number of ether oxygens (including phenoxy) is 1. The van der Waals surface area contributed by atoms with Crippen LogP contribution in [-0.2, 0) is 11.3 Å². The highest BCUT2D eigenvalue weighted by atomic mass is 35.5. The van der Waals surface area contributed by atoms with Gasteiger partial charge in [-0.25, -0.2) is 4.79 Å². The van der Waals surface area contributed by atoms with Crippen molar-refractivity contribution in [3.05, 3.63) is 64.2 Å². The predicted molar refractivity (Wildman–Crippen MR) is 90.4 cm³/mol. The number of anilines is 1. The zero-order chi connectivity index (χ0) is 17.7. The third kappa shape index (κ3) is 4.04. The van der Waals surface area contributed by atoms with E-state index in [0.717, 1.165) is 5.56 Å². The molecule has 0 spiro atoms. The summed E-state index contributed by atoms with van der Waals surface area (Å²) >= 11 is 5.85. The van der Waals surface area contributed by atoms with Gasteiger partial charge >= 0.3 is 5.97 Å². The molecule has 0 aromatic heterocycles. The van der Waals surface area contributed by atoms with Gasteiger partial charge in [0.25, 0.3) is 5.91 Å². The van der Waals surface area contributed by atoms with Gasteiger partial charge in [-0.3, -0.25) is 15.5 Å². The monoisotopic (exact) mass is 348 g/mol. The van der Waals surface area contributed by atoms with E-state index in [-0.39, 0.29) is 11.6 Å². The van der Waals surface area contributed by atoms with Crippen molar-refractivity contribution >= 4 is 29.2 Å². The maximum atomic E-state index is 12.5. The normalized spacial score (nSPS) is 10.2. The minimum atomic E-state index is -0.411. The number of esters is 1. The first-order valence-electron chi connectivity index (χ1n) is 7.08. The third-order valence-electron chi connectivity index (χ3n) is 3.47. The quantitative estimate of drug-likeness (QED) is 0.640. The van der Waals surface area contributed by atoms with Crippen molar-refractivity contribution in [1.82, 2.24) is 4.90 Å². The van der Waals surface area contributed by atoms with E-state index < -0.39 is 5.97 Å². The molecule has 2 N–H and O–H groups in total. The molecule has 0 atom stereocenters. The highest BCUT2D eigenvalue weighted by molar-refractivity contribution is 6.31. The Morgan fingerprint density at radius 2 is 1.88 bits per heavy atom. The topological polar surface area (TPSA) is 78.9 Å². The number of amides is 1. The van der Waals surface area contributed by atoms with Gasteiger partial charge in [0.05, 0.1) is 23.9 Å². The minimum absolute atomic E-state index is 0.236. The van der Waals surface area contributed by atoms with Crippen molar-refractivity contribution in [2.24, 2.45) is 0 Å². The summed E-state index contributed by atoms with van der Waals surface area (Å²) in [7, 11) is 2.97. The number of benzene rings is 2. The number of nitrogens with one attached hydrogen (secondary N) is 1. The second-order valence-electron chi connectivity index (χ2n) is 5.15. The molecule has 2 aromatic rings. The molecule has 126 valence electrons. The Morgan fingerprint density at radius 3 is 2.46 bits per heavy atom. The number of methoxy groups -OCH3 is 1. The number of hydrogen-bond donors (Lipinski definition) is 2. The van der Waals surface area contributed by atoms with Gasteiger partial charge in [-0.2, -0.15) is 0 Å². The van der Waals surface area contributed by atoms with E-state index in [4.69, 9.17) is 16.8 Å². The molecule has 0 aliphatic carbocycles. The van der Waals surface area contributed by atoms with Crippen molar-refractivity contribution in [2.75, 3.05) is 19.6 Å². The van der Waals surface area contributed by atoms with E-state index in [1.54, 1.807) is 43.4 Å². The molecule has 0 aliphatic heterocycles. The van der Waals surface area contributed by atoms with E-state index in [1.165, 1.54) is 18.1 Å². The van der Waals surface area contributed by atoms with Gasteiger partial charge in [0.15, 0.2) is 0 Å². The number of carbonyl (C=O) groups is 2. The summed E-state index contributed by atoms with van der Waals surface area (Å²) in [5.41, 5.74) is 3.81. The number of rotatable bonds is 5. The Balaban J connectivity index is 2.13. The van der Waals surface area contributed by atoms with E-state index in [2.05, 4.69) is 4.74 Å². The molecule has 0 aliphatic rings. The minimum Gasteiger partial charge on any atom is -0.465 e. The lowest BCUT2D eigenvalue weighted by atomic mass is 10.1. The molecule has 0 fully saturated rings. The first-order valence-corrected chi connectivity index (χ1v) is 7.46. The first-order chi connectivity index (χ1) is 11.5. The Hall–Kier alpha value is -2.57. The van der Waals surface area contributed by atoms with Gasteiger partial charge < -0.3 is 9.64 Å². The average Bonchev–Trinajstić information content (AvgIpc) is 2.60. The molecule has 1 amide bonds. The molecule has 0 saturated carbocycles. The Morgan fingerprint density at radius 1 is 1.21 bits per heavy atom. The van der Waals surface area contributed by atoms with Gasteiger partial charge in [0.1, 0.15) is 0 Å². The number of nitrogens with zero attached hydrogens (tertiary/aromatic N) is 1. The SMILES string of the molecule is COC(=O)c1ccc(CN(C)C(=O)c2ccc(Cl)cc2NO)cc1. The summed E-state index contributed by atoms with van der Waals surface area (Å²) in [6.45, 7) is 0.341. The molecule has 7 heteroatoms. The molecule has 0 unspecified atom stereocenters. The van der Waals surface area contributed by atoms with Crippen molar-refractivity contribution in [3.63, 3.8) is 0 Å². The van der Waals surface area contributed by atoms with Crippen LogP contribution in [0.5, 0.6) is 0 Å². The summed E-state index contributed by atoms with van der Waals surface area (Å²) in [6.07, 6.45) is 0. The Bertz CT molecular complexity index is 747. The highest BCUT2D eigenvalue weighted by Gasteiger charge is 2.16. The average molecular weight is 349 g/mol. The largest absolute Gasteiger partial charge is 0.465 e. The van der Waals surface area contributed by atoms with E-state index in [1.807, 2.05) is 5.48 Å². The van der Waals surface area contributed by atoms with E-state index in [0.29, 0.717) is 22.7 Å². The summed E-state index contributed by atoms with van der Waals surface area (Å²) in [5.74, 6) is -0.689. The van der Waals surface area contributed by atoms with Crippen molar-refractivity contribution < 1.29 is 19.5 Å². The molecule has 24 heavy (non-hydrogen) atoms. The molecular weight excluding hydrogens is 332 g/mol. The van der Waals surface area contributed by atoms with Crippen LogP contribution in [-0.4, -0.2) is 36.1 Å². The van der Waals surface area contributed by atoms with Crippen LogP contribution < -0.4 is 5.48 Å². The van der Waals surface area contributed by atoms with Crippen molar-refractivity contribution in [1.29, 1.82) is 0 Å². The van der Waals surface area contributed by atoms with Gasteiger partial charge in [-0.1, -0.05) is 23.7 Å². The summed E-state index contributed by atoms with van der Waals surface area (Å²) in [4.78, 5) is 25.4. The first kappa shape index (κ1) is 17.8. The van der Waals surface area contributed by atoms with Gasteiger partial charge in [0, 0.05) is 18.6 Å². The predicted octanol–water partition coefficient (Wildman–Crippen LogP) is 3.20. The smallest absolute Gasteiger partial charge is 0.337 e. The number of halogens is 1. The second-order valence-corrected chi connectivity index (χ2v) is 5.59. The van der Waals surface area contributed by atoms with Gasteiger partial charge in [-0.15, -0.1) is 0 Å². The van der Waals surface area contributed by atoms with E-state index >= 15 is 0 Å². The second kappa shape index (κ2) is 7.81. The molecule has 0 radical (unpaired) electrons. The molecule has 0 bridgehead atoms. The number of hydrogen-bond acceptors (Lipinski definition) is 5. The Kier molecular flexibility index (Phi) is 5.78. The van der Waals surface area contributed by atoms with Crippen LogP contribution in [0.3, 0.4) is 0 Å². The van der Waals surface area contributed by atoms with Crippen LogP contribution in [0.1, 0.15) is 26.3 Å². The summed E-state index contributed by atoms with van der Waals surface area (Å²) in [5, 5.41) is 9.55. The van der Waals surface area contributed by atoms with Gasteiger partial charge in [-0.05, 0) is 35.9 Å². The maximum absolute atomic E-state index is 12.5. The standard InChI is InChI=1S/C17H17ClN2O4/c1-20(10-11-3-5-12(6-4-11)17(22)24-2)16(21)14-8-7-13(18)9-15(14)19-23/h3-9,19,23H,10H2,1-2H3. The van der Waals surface area contributed by atoms with Crippen molar-refractivity contribution in [3.8, 4) is 0 Å². The van der Waals surface area contributed by atoms with Crippen LogP contribution in [0.4, 0.5) is 5.69 Å². The molecule has 6 nitrogen and oxygen atoms in total. The lowest BCUT2D eigenvalue weighted by molar-refractivity contribution is 0.0600. The van der Waals surface area contributed by atoms with Crippen molar-refractivity contribution in [2.45, 2.75) is 6.54 Å². The summed E-state index contributed by atoms with van der Waals surface area (Å²) in [6, 6.07) is 11.4. The van der Waals surface area contributed by atoms with E-state index in [9.17, 15) is 9.59 Å². The lowest BCUT2D eigenvalue weighted by Crippen LogP contribution is -2.27. The molecule has 0 heterocycles. The molecular formula is C17H17ClN2O4. The fourth-order valence-electron chi connectivity index (χ4n) is 2.21. The Labute approximate surface area is 144 Å². The number of carbonyl (C=O) groups excluding carboxylic acids is 2. The fourth-order valence-corrected chi connectivity index (χ4v) is 2.38. The summed E-state index contributed by atoms with van der Waals surface area (Å²) < 4.78 is 4.64. The molecule has 2 aromatic carbocycles. The lowest BCUT2D eigenvalue weighted by Gasteiger charge is -2.19. The zero-order valence-corrected chi connectivity index (χ0v) is 14.0. The van der Waals surface area contributed by atoms with Gasteiger partial charge in [0.2, 0.25) is 0 Å². The van der Waals surface area contributed by atoms with Crippen LogP contribution in [0.2, 0.25) is 5.02 Å². The van der Waals surface area contributed by atoms with Crippen LogP contribution in [0.15, 0.2) is 42.5 Å². The fraction of sp³-hybridized carbons (Fsp3) is 0.176. The highest BCUT2D eigenvalue weighted by Crippen LogP contribution is 2.22. The van der Waals surface area contributed by atoms with Crippen LogP contribution in [0.25, 0.3) is 0 Å². The zero-order valence-electron chi connectivity index (χ0n) is 13.2. The third-order valence-corrected chi connectivity index (χ3v) is 3.71.